The minimum atomic E-state index is -0.254. The summed E-state index contributed by atoms with van der Waals surface area (Å²) in [5.74, 6) is -0.254. The molecule has 15 heavy (non-hydrogen) atoms. The van der Waals surface area contributed by atoms with E-state index in [2.05, 4.69) is 0 Å². The Bertz CT molecular complexity index is 319. The Hall–Kier alpha value is -0.640. The fourth-order valence-electron chi connectivity index (χ4n) is 1.40. The van der Waals surface area contributed by atoms with E-state index >= 15 is 0 Å². The number of halogens is 2. The topological polar surface area (TPSA) is 23.5 Å². The lowest BCUT2D eigenvalue weighted by Gasteiger charge is -2.19. The molecule has 2 nitrogen and oxygen atoms in total. The van der Waals surface area contributed by atoms with Gasteiger partial charge in [-0.15, -0.1) is 0 Å². The van der Waals surface area contributed by atoms with Crippen LogP contribution >= 0.6 is 11.6 Å². The number of benzene rings is 1. The van der Waals surface area contributed by atoms with E-state index in [-0.39, 0.29) is 12.4 Å². The average molecular weight is 232 g/mol. The van der Waals surface area contributed by atoms with E-state index < -0.39 is 0 Å². The van der Waals surface area contributed by atoms with Crippen LogP contribution in [0.4, 0.5) is 4.39 Å². The Labute approximate surface area is 94.3 Å². The molecule has 1 aromatic carbocycles. The molecule has 0 bridgehead atoms. The maximum absolute atomic E-state index is 13.4. The van der Waals surface area contributed by atoms with Crippen LogP contribution in [0.25, 0.3) is 0 Å². The van der Waals surface area contributed by atoms with Gasteiger partial charge in [-0.25, -0.2) is 4.39 Å². The molecule has 0 saturated heterocycles. The molecule has 4 heteroatoms. The van der Waals surface area contributed by atoms with Gasteiger partial charge >= 0.3 is 0 Å². The van der Waals surface area contributed by atoms with Crippen molar-refractivity contribution >= 4 is 11.6 Å². The van der Waals surface area contributed by atoms with Crippen molar-refractivity contribution < 1.29 is 9.50 Å². The lowest BCUT2D eigenvalue weighted by molar-refractivity contribution is 0.195. The second-order valence-corrected chi connectivity index (χ2v) is 3.76. The normalized spacial score (nSPS) is 11.0. The van der Waals surface area contributed by atoms with Gasteiger partial charge in [-0.05, 0) is 24.7 Å². The minimum absolute atomic E-state index is 0.0794. The summed E-state index contributed by atoms with van der Waals surface area (Å²) in [6.07, 6.45) is 0. The molecule has 0 saturated carbocycles. The summed E-state index contributed by atoms with van der Waals surface area (Å²) < 4.78 is 13.4. The molecule has 0 atom stereocenters. The second kappa shape index (κ2) is 6.05. The first kappa shape index (κ1) is 12.4. The van der Waals surface area contributed by atoms with Crippen molar-refractivity contribution in [3.05, 3.63) is 34.6 Å². The van der Waals surface area contributed by atoms with Crippen LogP contribution in [0, 0.1) is 5.82 Å². The first-order valence-electron chi connectivity index (χ1n) is 4.94. The maximum Gasteiger partial charge on any atom is 0.127 e. The van der Waals surface area contributed by atoms with Crippen molar-refractivity contribution in [1.29, 1.82) is 0 Å². The summed E-state index contributed by atoms with van der Waals surface area (Å²) in [4.78, 5) is 1.95. The molecule has 1 rings (SSSR count). The summed E-state index contributed by atoms with van der Waals surface area (Å²) in [7, 11) is 0. The summed E-state index contributed by atoms with van der Waals surface area (Å²) in [5.41, 5.74) is 0.567. The monoisotopic (exact) mass is 231 g/mol. The van der Waals surface area contributed by atoms with E-state index in [1.165, 1.54) is 12.1 Å². The van der Waals surface area contributed by atoms with Gasteiger partial charge in [0.2, 0.25) is 0 Å². The molecule has 0 aliphatic carbocycles. The van der Waals surface area contributed by atoms with Crippen molar-refractivity contribution in [3.63, 3.8) is 0 Å². The van der Waals surface area contributed by atoms with Crippen LogP contribution in [-0.4, -0.2) is 29.7 Å². The third-order valence-corrected chi connectivity index (χ3v) is 2.50. The fraction of sp³-hybridized carbons (Fsp3) is 0.455. The van der Waals surface area contributed by atoms with E-state index in [1.54, 1.807) is 6.07 Å². The van der Waals surface area contributed by atoms with E-state index in [4.69, 9.17) is 16.7 Å². The predicted octanol–water partition coefficient (Wildman–Crippen LogP) is 2.29. The van der Waals surface area contributed by atoms with Crippen LogP contribution in [0.2, 0.25) is 5.02 Å². The highest BCUT2D eigenvalue weighted by Gasteiger charge is 2.07. The Morgan fingerprint density at radius 2 is 2.20 bits per heavy atom. The largest absolute Gasteiger partial charge is 0.395 e. The molecule has 0 radical (unpaired) electrons. The third-order valence-electron chi connectivity index (χ3n) is 2.27. The number of rotatable bonds is 5. The van der Waals surface area contributed by atoms with Crippen molar-refractivity contribution in [2.75, 3.05) is 19.7 Å². The number of aliphatic hydroxyl groups is 1. The van der Waals surface area contributed by atoms with Gasteiger partial charge < -0.3 is 5.11 Å². The zero-order valence-electron chi connectivity index (χ0n) is 8.71. The van der Waals surface area contributed by atoms with Gasteiger partial charge in [0.25, 0.3) is 0 Å². The predicted molar refractivity (Wildman–Crippen MR) is 59.4 cm³/mol. The van der Waals surface area contributed by atoms with E-state index in [0.717, 1.165) is 6.54 Å². The minimum Gasteiger partial charge on any atom is -0.395 e. The van der Waals surface area contributed by atoms with Gasteiger partial charge in [-0.3, -0.25) is 4.90 Å². The van der Waals surface area contributed by atoms with Crippen LogP contribution in [0.5, 0.6) is 0 Å². The van der Waals surface area contributed by atoms with E-state index in [9.17, 15) is 4.39 Å². The van der Waals surface area contributed by atoms with E-state index in [1.807, 2.05) is 11.8 Å². The molecule has 1 N–H and O–H groups in total. The number of aliphatic hydroxyl groups excluding tert-OH is 1. The number of likely N-dealkylation sites (N-methyl/N-ethyl adjacent to an activating group) is 1. The summed E-state index contributed by atoms with van der Waals surface area (Å²) >= 11 is 5.79. The van der Waals surface area contributed by atoms with Gasteiger partial charge in [-0.1, -0.05) is 18.5 Å². The average Bonchev–Trinajstić information content (AvgIpc) is 2.22. The van der Waals surface area contributed by atoms with Gasteiger partial charge in [0.1, 0.15) is 5.82 Å². The lowest BCUT2D eigenvalue weighted by atomic mass is 10.2. The van der Waals surface area contributed by atoms with Crippen LogP contribution in [-0.2, 0) is 6.54 Å². The van der Waals surface area contributed by atoms with Gasteiger partial charge in [0.05, 0.1) is 6.61 Å². The quantitative estimate of drug-likeness (QED) is 0.841. The van der Waals surface area contributed by atoms with Gasteiger partial charge in [0.15, 0.2) is 0 Å². The molecule has 0 aliphatic heterocycles. The highest BCUT2D eigenvalue weighted by molar-refractivity contribution is 6.30. The lowest BCUT2D eigenvalue weighted by Crippen LogP contribution is -2.26. The molecule has 0 amide bonds. The molecule has 84 valence electrons. The van der Waals surface area contributed by atoms with Crippen LogP contribution < -0.4 is 0 Å². The fourth-order valence-corrected chi connectivity index (χ4v) is 1.59. The van der Waals surface area contributed by atoms with Gasteiger partial charge in [0, 0.05) is 23.7 Å². The maximum atomic E-state index is 13.4. The molecule has 0 aromatic heterocycles. The first-order valence-corrected chi connectivity index (χ1v) is 5.32. The standard InChI is InChI=1S/C11H15ClFNO/c1-2-14(5-6-15)8-9-7-10(12)3-4-11(9)13/h3-4,7,15H,2,5-6,8H2,1H3. The van der Waals surface area contributed by atoms with Crippen molar-refractivity contribution in [2.45, 2.75) is 13.5 Å². The summed E-state index contributed by atoms with van der Waals surface area (Å²) in [6, 6.07) is 4.52. The Balaban J connectivity index is 2.73. The highest BCUT2D eigenvalue weighted by Crippen LogP contribution is 2.16. The molecule has 1 aromatic rings. The SMILES string of the molecule is CCN(CCO)Cc1cc(Cl)ccc1F. The summed E-state index contributed by atoms with van der Waals surface area (Å²) in [6.45, 7) is 3.84. The molecule has 0 aliphatic rings. The highest BCUT2D eigenvalue weighted by atomic mass is 35.5. The Kier molecular flexibility index (Phi) is 5.02. The van der Waals surface area contributed by atoms with Crippen molar-refractivity contribution in [3.8, 4) is 0 Å². The number of nitrogens with zero attached hydrogens (tertiary/aromatic N) is 1. The second-order valence-electron chi connectivity index (χ2n) is 3.33. The van der Waals surface area contributed by atoms with E-state index in [0.29, 0.717) is 23.7 Å². The summed E-state index contributed by atoms with van der Waals surface area (Å²) in [5, 5.41) is 9.34. The first-order chi connectivity index (χ1) is 7.17. The molecule has 0 fully saturated rings. The molecule has 0 heterocycles. The smallest absolute Gasteiger partial charge is 0.127 e. The molecule has 0 spiro atoms. The third kappa shape index (κ3) is 3.78. The number of hydrogen-bond donors (Lipinski definition) is 1. The zero-order chi connectivity index (χ0) is 11.3. The van der Waals surface area contributed by atoms with Crippen LogP contribution in [0.15, 0.2) is 18.2 Å². The van der Waals surface area contributed by atoms with Gasteiger partial charge in [-0.2, -0.15) is 0 Å². The Morgan fingerprint density at radius 3 is 2.80 bits per heavy atom. The molecular formula is C11H15ClFNO. The Morgan fingerprint density at radius 1 is 1.47 bits per heavy atom. The number of hydrogen-bond acceptors (Lipinski definition) is 2. The van der Waals surface area contributed by atoms with Crippen molar-refractivity contribution in [1.82, 2.24) is 4.90 Å². The molecular weight excluding hydrogens is 217 g/mol. The zero-order valence-corrected chi connectivity index (χ0v) is 9.47. The molecule has 0 unspecified atom stereocenters. The van der Waals surface area contributed by atoms with Crippen LogP contribution in [0.3, 0.4) is 0 Å². The van der Waals surface area contributed by atoms with Crippen molar-refractivity contribution in [2.24, 2.45) is 0 Å². The van der Waals surface area contributed by atoms with Crippen LogP contribution in [0.1, 0.15) is 12.5 Å².